The number of nitro groups is 1. The summed E-state index contributed by atoms with van der Waals surface area (Å²) in [5, 5.41) is 16.3. The van der Waals surface area contributed by atoms with E-state index in [4.69, 9.17) is 0 Å². The van der Waals surface area contributed by atoms with E-state index in [-0.39, 0.29) is 17.2 Å². The number of aryl methyl sites for hydroxylation is 1. The zero-order valence-corrected chi connectivity index (χ0v) is 15.7. The van der Waals surface area contributed by atoms with Crippen LogP contribution >= 0.6 is 0 Å². The second-order valence-corrected chi connectivity index (χ2v) is 6.41. The zero-order valence-electron chi connectivity index (χ0n) is 15.7. The number of nitro benzene ring substituents is 1. The van der Waals surface area contributed by atoms with Crippen LogP contribution in [0.1, 0.15) is 31.8 Å². The van der Waals surface area contributed by atoms with E-state index in [0.717, 1.165) is 11.1 Å². The number of carbonyl (C=O) groups excluding carboxylic acids is 2. The van der Waals surface area contributed by atoms with E-state index in [1.165, 1.54) is 24.3 Å². The minimum Gasteiger partial charge on any atom is -0.348 e. The molecule has 7 heteroatoms. The summed E-state index contributed by atoms with van der Waals surface area (Å²) >= 11 is 0. The summed E-state index contributed by atoms with van der Waals surface area (Å²) in [5.41, 5.74) is 2.93. The predicted molar refractivity (Wildman–Crippen MR) is 110 cm³/mol. The van der Waals surface area contributed by atoms with Crippen molar-refractivity contribution in [3.05, 3.63) is 105 Å². The number of nitrogens with zero attached hydrogens (tertiary/aromatic N) is 1. The lowest BCUT2D eigenvalue weighted by Gasteiger charge is -2.12. The van der Waals surface area contributed by atoms with Crippen molar-refractivity contribution < 1.29 is 14.5 Å². The molecule has 0 fully saturated rings. The van der Waals surface area contributed by atoms with Crippen molar-refractivity contribution in [1.29, 1.82) is 0 Å². The summed E-state index contributed by atoms with van der Waals surface area (Å²) in [6.07, 6.45) is 0. The van der Waals surface area contributed by atoms with E-state index in [0.29, 0.717) is 17.8 Å². The van der Waals surface area contributed by atoms with Gasteiger partial charge in [-0.25, -0.2) is 0 Å². The maximum absolute atomic E-state index is 12.7. The Balaban J connectivity index is 1.72. The molecule has 3 aromatic carbocycles. The lowest BCUT2D eigenvalue weighted by atomic mass is 10.1. The zero-order chi connectivity index (χ0) is 20.8. The highest BCUT2D eigenvalue weighted by atomic mass is 16.6. The molecule has 7 nitrogen and oxygen atoms in total. The fraction of sp³-hybridized carbons (Fsp3) is 0.0909. The van der Waals surface area contributed by atoms with Crippen molar-refractivity contribution in [3.8, 4) is 0 Å². The number of hydrogen-bond acceptors (Lipinski definition) is 4. The molecule has 0 saturated carbocycles. The third kappa shape index (κ3) is 4.84. The van der Waals surface area contributed by atoms with Crippen molar-refractivity contribution in [2.24, 2.45) is 0 Å². The highest BCUT2D eigenvalue weighted by Gasteiger charge is 2.15. The van der Waals surface area contributed by atoms with Crippen molar-refractivity contribution in [3.63, 3.8) is 0 Å². The number of amides is 2. The first-order chi connectivity index (χ1) is 14.0. The molecular formula is C22H19N3O4. The third-order valence-electron chi connectivity index (χ3n) is 4.46. The second-order valence-electron chi connectivity index (χ2n) is 6.41. The first-order valence-electron chi connectivity index (χ1n) is 8.93. The molecule has 0 spiro atoms. The van der Waals surface area contributed by atoms with Gasteiger partial charge in [0.1, 0.15) is 0 Å². The maximum Gasteiger partial charge on any atom is 0.269 e. The number of non-ortho nitro benzene ring substituents is 1. The van der Waals surface area contributed by atoms with Gasteiger partial charge >= 0.3 is 0 Å². The molecule has 3 aromatic rings. The Morgan fingerprint density at radius 1 is 0.897 bits per heavy atom. The molecule has 0 bridgehead atoms. The van der Waals surface area contributed by atoms with Crippen molar-refractivity contribution in [2.75, 3.05) is 5.32 Å². The lowest BCUT2D eigenvalue weighted by molar-refractivity contribution is -0.384. The molecule has 2 amide bonds. The minimum absolute atomic E-state index is 0.0995. The molecule has 3 rings (SSSR count). The molecule has 0 aliphatic heterocycles. The number of hydrogen-bond donors (Lipinski definition) is 2. The van der Waals surface area contributed by atoms with Crippen LogP contribution in [-0.4, -0.2) is 16.7 Å². The second kappa shape index (κ2) is 8.79. The molecule has 0 aliphatic carbocycles. The smallest absolute Gasteiger partial charge is 0.269 e. The van der Waals surface area contributed by atoms with Gasteiger partial charge in [0.05, 0.1) is 16.2 Å². The maximum atomic E-state index is 12.7. The van der Waals surface area contributed by atoms with Crippen LogP contribution in [-0.2, 0) is 6.54 Å². The Morgan fingerprint density at radius 3 is 2.24 bits per heavy atom. The largest absolute Gasteiger partial charge is 0.348 e. The summed E-state index contributed by atoms with van der Waals surface area (Å²) < 4.78 is 0. The quantitative estimate of drug-likeness (QED) is 0.490. The number of anilines is 1. The van der Waals surface area contributed by atoms with Crippen LogP contribution in [0.25, 0.3) is 0 Å². The first kappa shape index (κ1) is 19.8. The van der Waals surface area contributed by atoms with Crippen LogP contribution in [0.3, 0.4) is 0 Å². The predicted octanol–water partition coefficient (Wildman–Crippen LogP) is 4.09. The Morgan fingerprint density at radius 2 is 1.55 bits per heavy atom. The van der Waals surface area contributed by atoms with E-state index in [1.54, 1.807) is 24.3 Å². The number of carbonyl (C=O) groups is 2. The van der Waals surface area contributed by atoms with E-state index in [1.807, 2.05) is 31.2 Å². The van der Waals surface area contributed by atoms with Gasteiger partial charge in [-0.2, -0.15) is 0 Å². The summed E-state index contributed by atoms with van der Waals surface area (Å²) in [6, 6.07) is 19.7. The average Bonchev–Trinajstić information content (AvgIpc) is 2.73. The Kier molecular flexibility index (Phi) is 5.99. The lowest BCUT2D eigenvalue weighted by Crippen LogP contribution is -2.25. The van der Waals surface area contributed by atoms with E-state index in [9.17, 15) is 19.7 Å². The van der Waals surface area contributed by atoms with Gasteiger partial charge in [-0.05, 0) is 42.3 Å². The molecule has 2 N–H and O–H groups in total. The van der Waals surface area contributed by atoms with E-state index >= 15 is 0 Å². The van der Waals surface area contributed by atoms with Gasteiger partial charge in [-0.15, -0.1) is 0 Å². The minimum atomic E-state index is -0.532. The standard InChI is InChI=1S/C22H19N3O4/c1-15-6-2-3-7-17(15)14-23-22(27)19-8-4-5-9-20(19)24-21(26)16-10-12-18(13-11-16)25(28)29/h2-13H,14H2,1H3,(H,23,27)(H,24,26). The van der Waals surface area contributed by atoms with E-state index < -0.39 is 10.8 Å². The third-order valence-corrected chi connectivity index (χ3v) is 4.46. The average molecular weight is 389 g/mol. The molecule has 0 aromatic heterocycles. The molecule has 0 saturated heterocycles. The fourth-order valence-corrected chi connectivity index (χ4v) is 2.80. The van der Waals surface area contributed by atoms with Crippen LogP contribution in [0.15, 0.2) is 72.8 Å². The fourth-order valence-electron chi connectivity index (χ4n) is 2.80. The molecule has 0 heterocycles. The van der Waals surface area contributed by atoms with Crippen LogP contribution in [0, 0.1) is 17.0 Å². The van der Waals surface area contributed by atoms with Crippen LogP contribution in [0.5, 0.6) is 0 Å². The van der Waals surface area contributed by atoms with Crippen LogP contribution in [0.2, 0.25) is 0 Å². The van der Waals surface area contributed by atoms with Crippen LogP contribution < -0.4 is 10.6 Å². The Labute approximate surface area is 167 Å². The highest BCUT2D eigenvalue weighted by molar-refractivity contribution is 6.09. The van der Waals surface area contributed by atoms with Gasteiger partial charge in [-0.1, -0.05) is 36.4 Å². The Bertz CT molecular complexity index is 1060. The molecule has 29 heavy (non-hydrogen) atoms. The van der Waals surface area contributed by atoms with Crippen LogP contribution in [0.4, 0.5) is 11.4 Å². The molecule has 0 unspecified atom stereocenters. The number of para-hydroxylation sites is 1. The van der Waals surface area contributed by atoms with Crippen molar-refractivity contribution >= 4 is 23.2 Å². The normalized spacial score (nSPS) is 10.2. The van der Waals surface area contributed by atoms with Gasteiger partial charge < -0.3 is 10.6 Å². The summed E-state index contributed by atoms with van der Waals surface area (Å²) in [7, 11) is 0. The topological polar surface area (TPSA) is 101 Å². The van der Waals surface area contributed by atoms with Gasteiger partial charge in [0.15, 0.2) is 0 Å². The SMILES string of the molecule is Cc1ccccc1CNC(=O)c1ccccc1NC(=O)c1ccc([N+](=O)[O-])cc1. The summed E-state index contributed by atoms with van der Waals surface area (Å²) in [6.45, 7) is 2.34. The van der Waals surface area contributed by atoms with Gasteiger partial charge in [0.25, 0.3) is 17.5 Å². The molecular weight excluding hydrogens is 370 g/mol. The highest BCUT2D eigenvalue weighted by Crippen LogP contribution is 2.18. The van der Waals surface area contributed by atoms with Crippen molar-refractivity contribution in [1.82, 2.24) is 5.32 Å². The number of rotatable bonds is 6. The molecule has 0 aliphatic rings. The van der Waals surface area contributed by atoms with Gasteiger partial charge in [0, 0.05) is 24.2 Å². The molecule has 0 radical (unpaired) electrons. The van der Waals surface area contributed by atoms with Crippen molar-refractivity contribution in [2.45, 2.75) is 13.5 Å². The summed E-state index contributed by atoms with van der Waals surface area (Å²) in [4.78, 5) is 35.3. The van der Waals surface area contributed by atoms with E-state index in [2.05, 4.69) is 10.6 Å². The number of benzene rings is 3. The van der Waals surface area contributed by atoms with Gasteiger partial charge in [-0.3, -0.25) is 19.7 Å². The molecule has 0 atom stereocenters. The van der Waals surface area contributed by atoms with Gasteiger partial charge in [0.2, 0.25) is 0 Å². The first-order valence-corrected chi connectivity index (χ1v) is 8.93. The number of nitrogens with one attached hydrogen (secondary N) is 2. The summed E-state index contributed by atoms with van der Waals surface area (Å²) in [5.74, 6) is -0.771. The Hall–Kier alpha value is -4.00. The monoisotopic (exact) mass is 389 g/mol. The molecule has 146 valence electrons.